The van der Waals surface area contributed by atoms with Gasteiger partial charge in [-0.15, -0.1) is 0 Å². The molecule has 106 valence electrons. The zero-order valence-electron chi connectivity index (χ0n) is 12.1. The fourth-order valence-corrected chi connectivity index (χ4v) is 2.30. The van der Waals surface area contributed by atoms with Crippen molar-refractivity contribution >= 4 is 0 Å². The van der Waals surface area contributed by atoms with Crippen LogP contribution in [0.2, 0.25) is 0 Å². The van der Waals surface area contributed by atoms with Crippen LogP contribution >= 0.6 is 0 Å². The molecule has 1 atom stereocenters. The van der Waals surface area contributed by atoms with Gasteiger partial charge in [0, 0.05) is 30.3 Å². The van der Waals surface area contributed by atoms with E-state index in [4.69, 9.17) is 0 Å². The number of rotatable bonds is 8. The zero-order chi connectivity index (χ0) is 14.0. The molecule has 0 aliphatic heterocycles. The van der Waals surface area contributed by atoms with Crippen molar-refractivity contribution in [2.75, 3.05) is 6.54 Å². The van der Waals surface area contributed by atoms with Gasteiger partial charge in [0.15, 0.2) is 0 Å². The van der Waals surface area contributed by atoms with Gasteiger partial charge in [0.25, 0.3) is 0 Å². The molecule has 0 fully saturated rings. The molecule has 2 heterocycles. The van der Waals surface area contributed by atoms with E-state index in [-0.39, 0.29) is 0 Å². The third-order valence-electron chi connectivity index (χ3n) is 3.39. The predicted octanol–water partition coefficient (Wildman–Crippen LogP) is 3.02. The summed E-state index contributed by atoms with van der Waals surface area (Å²) in [4.78, 5) is 8.48. The first-order valence-corrected chi connectivity index (χ1v) is 7.40. The lowest BCUT2D eigenvalue weighted by atomic mass is 10.0. The average molecular weight is 269 g/mol. The highest BCUT2D eigenvalue weighted by molar-refractivity contribution is 5.12. The molecular weight excluding hydrogens is 246 g/mol. The van der Waals surface area contributed by atoms with Crippen LogP contribution in [0.5, 0.6) is 0 Å². The molecule has 0 bridgehead atoms. The molecule has 0 aliphatic rings. The third-order valence-corrected chi connectivity index (χ3v) is 3.39. The Morgan fingerprint density at radius 2 is 1.95 bits per heavy atom. The van der Waals surface area contributed by atoms with Crippen LogP contribution in [0.25, 0.3) is 0 Å². The van der Waals surface area contributed by atoms with E-state index in [0.717, 1.165) is 32.2 Å². The summed E-state index contributed by atoms with van der Waals surface area (Å²) in [6.45, 7) is 3.27. The Morgan fingerprint density at radius 3 is 2.65 bits per heavy atom. The second kappa shape index (κ2) is 8.43. The normalized spacial score (nSPS) is 12.2. The van der Waals surface area contributed by atoms with E-state index in [1.165, 1.54) is 11.3 Å². The molecule has 1 N–H and O–H groups in total. The summed E-state index contributed by atoms with van der Waals surface area (Å²) in [6.07, 6.45) is 9.95. The van der Waals surface area contributed by atoms with Crippen LogP contribution in [-0.2, 0) is 12.8 Å². The van der Waals surface area contributed by atoms with Crippen molar-refractivity contribution < 1.29 is 0 Å². The molecule has 2 aromatic heterocycles. The Bertz CT molecular complexity index is 470. The van der Waals surface area contributed by atoms with E-state index in [1.54, 1.807) is 0 Å². The van der Waals surface area contributed by atoms with E-state index < -0.39 is 0 Å². The molecule has 0 amide bonds. The fraction of sp³-hybridized carbons (Fsp3) is 0.412. The van der Waals surface area contributed by atoms with E-state index >= 15 is 0 Å². The highest BCUT2D eigenvalue weighted by Gasteiger charge is 2.09. The van der Waals surface area contributed by atoms with Crippen molar-refractivity contribution in [3.8, 4) is 0 Å². The topological polar surface area (TPSA) is 37.8 Å². The molecule has 2 rings (SSSR count). The van der Waals surface area contributed by atoms with Crippen LogP contribution in [0.15, 0.2) is 48.9 Å². The molecule has 0 radical (unpaired) electrons. The predicted molar refractivity (Wildman–Crippen MR) is 82.6 cm³/mol. The maximum Gasteiger partial charge on any atom is 0.0404 e. The molecule has 0 aromatic carbocycles. The van der Waals surface area contributed by atoms with Crippen LogP contribution in [-0.4, -0.2) is 22.6 Å². The van der Waals surface area contributed by atoms with Crippen LogP contribution in [0.1, 0.15) is 31.0 Å². The SMILES string of the molecule is CCCNC(CCc1ccccn1)Cc1ccncc1. The highest BCUT2D eigenvalue weighted by atomic mass is 14.9. The Labute approximate surface area is 121 Å². The molecule has 0 saturated heterocycles. The lowest BCUT2D eigenvalue weighted by molar-refractivity contribution is 0.475. The second-order valence-corrected chi connectivity index (χ2v) is 5.07. The number of hydrogen-bond donors (Lipinski definition) is 1. The Morgan fingerprint density at radius 1 is 1.10 bits per heavy atom. The second-order valence-electron chi connectivity index (χ2n) is 5.07. The summed E-state index contributed by atoms with van der Waals surface area (Å²) in [5.74, 6) is 0. The lowest BCUT2D eigenvalue weighted by Gasteiger charge is -2.18. The van der Waals surface area contributed by atoms with E-state index in [9.17, 15) is 0 Å². The monoisotopic (exact) mass is 269 g/mol. The first-order chi connectivity index (χ1) is 9.88. The van der Waals surface area contributed by atoms with Gasteiger partial charge in [0.1, 0.15) is 0 Å². The summed E-state index contributed by atoms with van der Waals surface area (Å²) in [5.41, 5.74) is 2.51. The maximum atomic E-state index is 4.40. The number of nitrogens with one attached hydrogen (secondary N) is 1. The van der Waals surface area contributed by atoms with Crippen LogP contribution < -0.4 is 5.32 Å². The quantitative estimate of drug-likeness (QED) is 0.800. The van der Waals surface area contributed by atoms with Gasteiger partial charge in [-0.3, -0.25) is 9.97 Å². The van der Waals surface area contributed by atoms with Crippen LogP contribution in [0.4, 0.5) is 0 Å². The number of pyridine rings is 2. The summed E-state index contributed by atoms with van der Waals surface area (Å²) < 4.78 is 0. The summed E-state index contributed by atoms with van der Waals surface area (Å²) in [7, 11) is 0. The van der Waals surface area contributed by atoms with Crippen molar-refractivity contribution in [1.82, 2.24) is 15.3 Å². The van der Waals surface area contributed by atoms with Crippen molar-refractivity contribution in [1.29, 1.82) is 0 Å². The summed E-state index contributed by atoms with van der Waals surface area (Å²) in [5, 5.41) is 3.64. The van der Waals surface area contributed by atoms with Crippen molar-refractivity contribution in [2.45, 2.75) is 38.6 Å². The van der Waals surface area contributed by atoms with Gasteiger partial charge in [-0.25, -0.2) is 0 Å². The summed E-state index contributed by atoms with van der Waals surface area (Å²) >= 11 is 0. The fourth-order valence-electron chi connectivity index (χ4n) is 2.30. The third kappa shape index (κ3) is 5.10. The average Bonchev–Trinajstić information content (AvgIpc) is 2.52. The molecule has 0 saturated carbocycles. The van der Waals surface area contributed by atoms with E-state index in [2.05, 4.69) is 46.5 Å². The number of hydrogen-bond acceptors (Lipinski definition) is 3. The minimum absolute atomic E-state index is 0.499. The molecular formula is C17H23N3. The molecule has 0 aliphatic carbocycles. The number of aromatic nitrogens is 2. The van der Waals surface area contributed by atoms with Gasteiger partial charge in [0.05, 0.1) is 0 Å². The van der Waals surface area contributed by atoms with Crippen molar-refractivity contribution in [3.63, 3.8) is 0 Å². The molecule has 20 heavy (non-hydrogen) atoms. The minimum atomic E-state index is 0.499. The number of nitrogens with zero attached hydrogens (tertiary/aromatic N) is 2. The maximum absolute atomic E-state index is 4.40. The molecule has 1 unspecified atom stereocenters. The van der Waals surface area contributed by atoms with Gasteiger partial charge in [-0.05, 0) is 62.1 Å². The smallest absolute Gasteiger partial charge is 0.0404 e. The van der Waals surface area contributed by atoms with Crippen molar-refractivity contribution in [2.24, 2.45) is 0 Å². The standard InChI is InChI=1S/C17H23N3/c1-2-10-19-17(14-15-8-12-18-13-9-15)7-6-16-5-3-4-11-20-16/h3-5,8-9,11-13,17,19H,2,6-7,10,14H2,1H3. The Hall–Kier alpha value is -1.74. The highest BCUT2D eigenvalue weighted by Crippen LogP contribution is 2.08. The van der Waals surface area contributed by atoms with Gasteiger partial charge < -0.3 is 5.32 Å². The first-order valence-electron chi connectivity index (χ1n) is 7.40. The lowest BCUT2D eigenvalue weighted by Crippen LogP contribution is -2.32. The molecule has 0 spiro atoms. The molecule has 2 aromatic rings. The largest absolute Gasteiger partial charge is 0.314 e. The minimum Gasteiger partial charge on any atom is -0.314 e. The van der Waals surface area contributed by atoms with Gasteiger partial charge >= 0.3 is 0 Å². The number of aryl methyl sites for hydroxylation is 1. The van der Waals surface area contributed by atoms with Gasteiger partial charge in [-0.2, -0.15) is 0 Å². The Kier molecular flexibility index (Phi) is 6.18. The molecule has 3 nitrogen and oxygen atoms in total. The van der Waals surface area contributed by atoms with E-state index in [0.29, 0.717) is 6.04 Å². The van der Waals surface area contributed by atoms with Crippen molar-refractivity contribution in [3.05, 3.63) is 60.2 Å². The summed E-state index contributed by atoms with van der Waals surface area (Å²) in [6, 6.07) is 10.8. The van der Waals surface area contributed by atoms with Crippen LogP contribution in [0.3, 0.4) is 0 Å². The van der Waals surface area contributed by atoms with Gasteiger partial charge in [-0.1, -0.05) is 13.0 Å². The zero-order valence-corrected chi connectivity index (χ0v) is 12.1. The molecule has 3 heteroatoms. The van der Waals surface area contributed by atoms with Crippen LogP contribution in [0, 0.1) is 0 Å². The van der Waals surface area contributed by atoms with E-state index in [1.807, 2.05) is 24.7 Å². The first kappa shape index (κ1) is 14.7. The Balaban J connectivity index is 1.89. The van der Waals surface area contributed by atoms with Gasteiger partial charge in [0.2, 0.25) is 0 Å².